The van der Waals surface area contributed by atoms with Gasteiger partial charge in [-0.05, 0) is 61.4 Å². The quantitative estimate of drug-likeness (QED) is 0.347. The molecule has 1 amide bonds. The maximum absolute atomic E-state index is 13.1. The number of aromatic nitrogens is 4. The largest absolute Gasteiger partial charge is 0.497 e. The predicted molar refractivity (Wildman–Crippen MR) is 120 cm³/mol. The molecule has 0 radical (unpaired) electrons. The Balaban J connectivity index is 1.19. The van der Waals surface area contributed by atoms with E-state index in [0.29, 0.717) is 41.5 Å². The Morgan fingerprint density at radius 3 is 2.58 bits per heavy atom. The first-order valence-electron chi connectivity index (χ1n) is 10.7. The number of ether oxygens (including phenoxy) is 1. The second kappa shape index (κ2) is 10.5. The minimum absolute atomic E-state index is 0.218. The molecule has 0 atom stereocenters. The van der Waals surface area contributed by atoms with Gasteiger partial charge >= 0.3 is 0 Å². The Hall–Kier alpha value is -4.01. The average molecular weight is 449 g/mol. The van der Waals surface area contributed by atoms with Crippen molar-refractivity contribution in [3.05, 3.63) is 72.0 Å². The van der Waals surface area contributed by atoms with Gasteiger partial charge in [0.25, 0.3) is 5.91 Å². The highest BCUT2D eigenvalue weighted by Crippen LogP contribution is 2.22. The minimum Gasteiger partial charge on any atom is -0.497 e. The van der Waals surface area contributed by atoms with Crippen LogP contribution in [0.15, 0.2) is 59.3 Å². The van der Waals surface area contributed by atoms with Gasteiger partial charge in [0.05, 0.1) is 24.6 Å². The maximum Gasteiger partial charge on any atom is 0.255 e. The van der Waals surface area contributed by atoms with E-state index in [1.54, 1.807) is 19.2 Å². The number of hydrogen-bond donors (Lipinski definition) is 2. The van der Waals surface area contributed by atoms with Crippen LogP contribution in [0.4, 0.5) is 4.39 Å². The maximum atomic E-state index is 13.1. The van der Waals surface area contributed by atoms with Crippen LogP contribution in [0, 0.1) is 5.82 Å². The number of nitrogens with one attached hydrogen (secondary N) is 2. The van der Waals surface area contributed by atoms with Gasteiger partial charge in [-0.15, -0.1) is 0 Å². The van der Waals surface area contributed by atoms with Crippen molar-refractivity contribution >= 4 is 5.91 Å². The number of methoxy groups -OCH3 is 1. The molecule has 2 aromatic carbocycles. The summed E-state index contributed by atoms with van der Waals surface area (Å²) in [5.74, 6) is 1.36. The summed E-state index contributed by atoms with van der Waals surface area (Å²) in [5.41, 5.74) is 2.57. The highest BCUT2D eigenvalue weighted by molar-refractivity contribution is 5.99. The molecule has 0 aliphatic carbocycles. The van der Waals surface area contributed by atoms with Crippen LogP contribution in [0.3, 0.4) is 0 Å². The molecule has 0 unspecified atom stereocenters. The van der Waals surface area contributed by atoms with Gasteiger partial charge in [-0.1, -0.05) is 11.6 Å². The van der Waals surface area contributed by atoms with Gasteiger partial charge < -0.3 is 14.6 Å². The molecule has 4 aromatic rings. The zero-order chi connectivity index (χ0) is 23.0. The molecular weight excluding hydrogens is 425 g/mol. The molecule has 2 heterocycles. The van der Waals surface area contributed by atoms with E-state index in [4.69, 9.17) is 9.26 Å². The molecular formula is C24H24FN5O3. The number of carbonyl (C=O) groups is 1. The summed E-state index contributed by atoms with van der Waals surface area (Å²) in [6.45, 7) is 0.536. The second-order valence-electron chi connectivity index (χ2n) is 7.47. The SMILES string of the molecule is COc1ccc(-c2noc(CCCCCNC(=O)c3cn[nH]c3-c3ccc(F)cc3)n2)cc1. The fourth-order valence-electron chi connectivity index (χ4n) is 3.38. The molecule has 0 aliphatic rings. The average Bonchev–Trinajstić information content (AvgIpc) is 3.52. The number of unbranched alkanes of at least 4 members (excludes halogenated alkanes) is 2. The van der Waals surface area contributed by atoms with E-state index < -0.39 is 0 Å². The number of benzene rings is 2. The summed E-state index contributed by atoms with van der Waals surface area (Å²) < 4.78 is 23.6. The number of nitrogens with zero attached hydrogens (tertiary/aromatic N) is 3. The normalized spacial score (nSPS) is 10.8. The number of aromatic amines is 1. The summed E-state index contributed by atoms with van der Waals surface area (Å²) in [7, 11) is 1.62. The van der Waals surface area contributed by atoms with Crippen molar-refractivity contribution in [1.82, 2.24) is 25.7 Å². The highest BCUT2D eigenvalue weighted by atomic mass is 19.1. The standard InChI is InChI=1S/C24H24FN5O3/c1-32-19-12-8-17(9-13-19)23-28-21(33-30-23)5-3-2-4-14-26-24(31)20-15-27-29-22(20)16-6-10-18(25)11-7-16/h6-13,15H,2-5,14H2,1H3,(H,26,31)(H,27,29). The van der Waals surface area contributed by atoms with E-state index >= 15 is 0 Å². The number of halogens is 1. The van der Waals surface area contributed by atoms with Crippen molar-refractivity contribution in [2.75, 3.05) is 13.7 Å². The zero-order valence-electron chi connectivity index (χ0n) is 18.2. The smallest absolute Gasteiger partial charge is 0.255 e. The van der Waals surface area contributed by atoms with Crippen LogP contribution in [-0.4, -0.2) is 39.9 Å². The third-order valence-corrected chi connectivity index (χ3v) is 5.19. The minimum atomic E-state index is -0.332. The third kappa shape index (κ3) is 5.62. The lowest BCUT2D eigenvalue weighted by Gasteiger charge is -2.06. The van der Waals surface area contributed by atoms with Crippen LogP contribution < -0.4 is 10.1 Å². The Kier molecular flexibility index (Phi) is 7.09. The lowest BCUT2D eigenvalue weighted by atomic mass is 10.1. The molecule has 0 fully saturated rings. The van der Waals surface area contributed by atoms with Crippen molar-refractivity contribution in [1.29, 1.82) is 0 Å². The first kappa shape index (κ1) is 22.2. The van der Waals surface area contributed by atoms with Gasteiger partial charge in [-0.2, -0.15) is 10.1 Å². The molecule has 8 nitrogen and oxygen atoms in total. The van der Waals surface area contributed by atoms with E-state index in [1.165, 1.54) is 18.3 Å². The molecule has 0 saturated heterocycles. The fourth-order valence-corrected chi connectivity index (χ4v) is 3.38. The topological polar surface area (TPSA) is 106 Å². The van der Waals surface area contributed by atoms with E-state index in [1.807, 2.05) is 24.3 Å². The van der Waals surface area contributed by atoms with Gasteiger partial charge in [0, 0.05) is 24.1 Å². The van der Waals surface area contributed by atoms with E-state index in [0.717, 1.165) is 30.6 Å². The summed E-state index contributed by atoms with van der Waals surface area (Å²) in [6, 6.07) is 13.4. The third-order valence-electron chi connectivity index (χ3n) is 5.19. The lowest BCUT2D eigenvalue weighted by Crippen LogP contribution is -2.24. The van der Waals surface area contributed by atoms with Gasteiger partial charge in [0.2, 0.25) is 11.7 Å². The molecule has 0 saturated carbocycles. The molecule has 2 aromatic heterocycles. The first-order valence-corrected chi connectivity index (χ1v) is 10.7. The van der Waals surface area contributed by atoms with Crippen molar-refractivity contribution in [2.45, 2.75) is 25.7 Å². The molecule has 0 aliphatic heterocycles. The predicted octanol–water partition coefficient (Wildman–Crippen LogP) is 4.42. The van der Waals surface area contributed by atoms with Crippen LogP contribution in [0.2, 0.25) is 0 Å². The number of amides is 1. The molecule has 33 heavy (non-hydrogen) atoms. The van der Waals surface area contributed by atoms with Crippen LogP contribution in [-0.2, 0) is 6.42 Å². The van der Waals surface area contributed by atoms with E-state index in [9.17, 15) is 9.18 Å². The molecule has 4 rings (SSSR count). The fraction of sp³-hybridized carbons (Fsp3) is 0.250. The van der Waals surface area contributed by atoms with Crippen molar-refractivity contribution in [2.24, 2.45) is 0 Å². The monoisotopic (exact) mass is 449 g/mol. The van der Waals surface area contributed by atoms with Gasteiger partial charge in [0.1, 0.15) is 11.6 Å². The second-order valence-corrected chi connectivity index (χ2v) is 7.47. The van der Waals surface area contributed by atoms with Crippen LogP contribution in [0.1, 0.15) is 35.5 Å². The first-order chi connectivity index (χ1) is 16.1. The number of carbonyl (C=O) groups excluding carboxylic acids is 1. The summed E-state index contributed by atoms with van der Waals surface area (Å²) >= 11 is 0. The molecule has 2 N–H and O–H groups in total. The Bertz CT molecular complexity index is 1190. The summed E-state index contributed by atoms with van der Waals surface area (Å²) in [5, 5.41) is 13.7. The molecule has 0 bridgehead atoms. The zero-order valence-corrected chi connectivity index (χ0v) is 18.2. The Labute approximate surface area is 190 Å². The van der Waals surface area contributed by atoms with Crippen LogP contribution in [0.5, 0.6) is 5.75 Å². The number of aryl methyl sites for hydroxylation is 1. The van der Waals surface area contributed by atoms with E-state index in [-0.39, 0.29) is 11.7 Å². The molecule has 0 spiro atoms. The van der Waals surface area contributed by atoms with Gasteiger partial charge in [-0.25, -0.2) is 4.39 Å². The van der Waals surface area contributed by atoms with Crippen molar-refractivity contribution in [3.8, 4) is 28.4 Å². The number of H-pyrrole nitrogens is 1. The number of rotatable bonds is 10. The summed E-state index contributed by atoms with van der Waals surface area (Å²) in [6.07, 6.45) is 4.73. The lowest BCUT2D eigenvalue weighted by molar-refractivity contribution is 0.0953. The Morgan fingerprint density at radius 2 is 1.82 bits per heavy atom. The van der Waals surface area contributed by atoms with Crippen LogP contribution >= 0.6 is 0 Å². The van der Waals surface area contributed by atoms with Crippen molar-refractivity contribution in [3.63, 3.8) is 0 Å². The van der Waals surface area contributed by atoms with Crippen molar-refractivity contribution < 1.29 is 18.4 Å². The van der Waals surface area contributed by atoms with Gasteiger partial charge in [0.15, 0.2) is 0 Å². The molecule has 9 heteroatoms. The summed E-state index contributed by atoms with van der Waals surface area (Å²) in [4.78, 5) is 17.0. The van der Waals surface area contributed by atoms with Crippen LogP contribution in [0.25, 0.3) is 22.6 Å². The van der Waals surface area contributed by atoms with Gasteiger partial charge in [-0.3, -0.25) is 9.89 Å². The highest BCUT2D eigenvalue weighted by Gasteiger charge is 2.15. The Morgan fingerprint density at radius 1 is 1.06 bits per heavy atom. The molecule has 170 valence electrons. The number of hydrogen-bond acceptors (Lipinski definition) is 6. The van der Waals surface area contributed by atoms with E-state index in [2.05, 4.69) is 25.7 Å².